The van der Waals surface area contributed by atoms with E-state index >= 15 is 0 Å². The third-order valence-electron chi connectivity index (χ3n) is 6.37. The van der Waals surface area contributed by atoms with Gasteiger partial charge in [-0.25, -0.2) is 0 Å². The maximum absolute atomic E-state index is 11.3. The highest BCUT2D eigenvalue weighted by molar-refractivity contribution is 9.09. The Morgan fingerprint density at radius 2 is 0.882 bits per heavy atom. The Bertz CT molecular complexity index is 735. The molecular formula is C28H40Br2O4. The number of halogens is 2. The molecule has 6 heteroatoms. The summed E-state index contributed by atoms with van der Waals surface area (Å²) in [4.78, 5) is 0. The van der Waals surface area contributed by atoms with Crippen molar-refractivity contribution in [1.82, 2.24) is 0 Å². The minimum atomic E-state index is -1.49. The first-order valence-corrected chi connectivity index (χ1v) is 14.6. The molecule has 34 heavy (non-hydrogen) atoms. The van der Waals surface area contributed by atoms with Crippen molar-refractivity contribution in [2.24, 2.45) is 0 Å². The molecule has 2 atom stereocenters. The molecule has 0 saturated carbocycles. The lowest BCUT2D eigenvalue weighted by Crippen LogP contribution is -2.45. The second-order valence-corrected chi connectivity index (χ2v) is 10.7. The Labute approximate surface area is 222 Å². The highest BCUT2D eigenvalue weighted by atomic mass is 79.9. The van der Waals surface area contributed by atoms with E-state index in [4.69, 9.17) is 9.47 Å². The zero-order chi connectivity index (χ0) is 24.9. The van der Waals surface area contributed by atoms with Gasteiger partial charge in [-0.05, 0) is 74.9 Å². The van der Waals surface area contributed by atoms with E-state index in [1.807, 2.05) is 48.5 Å². The molecule has 0 heterocycles. The van der Waals surface area contributed by atoms with Crippen LogP contribution in [0.5, 0.6) is 11.5 Å². The van der Waals surface area contributed by atoms with Gasteiger partial charge in [0, 0.05) is 10.7 Å². The van der Waals surface area contributed by atoms with Crippen molar-refractivity contribution in [3.63, 3.8) is 0 Å². The molecule has 0 saturated heterocycles. The molecule has 0 aliphatic carbocycles. The minimum absolute atomic E-state index is 0.631. The van der Waals surface area contributed by atoms with Crippen molar-refractivity contribution in [3.8, 4) is 11.5 Å². The number of alkyl halides is 2. The summed E-state index contributed by atoms with van der Waals surface area (Å²) in [6.45, 7) is 4.65. The van der Waals surface area contributed by atoms with Crippen LogP contribution in [0.4, 0.5) is 0 Å². The van der Waals surface area contributed by atoms with Crippen molar-refractivity contribution in [2.75, 3.05) is 23.9 Å². The number of rotatable bonds is 17. The van der Waals surface area contributed by atoms with Crippen LogP contribution in [0.3, 0.4) is 0 Å². The highest BCUT2D eigenvalue weighted by Crippen LogP contribution is 2.41. The largest absolute Gasteiger partial charge is 0.494 e. The SMILES string of the molecule is CC(O)(c1ccc(OCCCCCCBr)cc1)C(C)(O)c1ccc(OCCCCCCBr)cc1. The lowest BCUT2D eigenvalue weighted by atomic mass is 9.76. The van der Waals surface area contributed by atoms with Gasteiger partial charge in [0.05, 0.1) is 13.2 Å². The quantitative estimate of drug-likeness (QED) is 0.146. The zero-order valence-corrected chi connectivity index (χ0v) is 23.7. The summed E-state index contributed by atoms with van der Waals surface area (Å²) in [5.74, 6) is 1.54. The highest BCUT2D eigenvalue weighted by Gasteiger charge is 2.44. The van der Waals surface area contributed by atoms with Gasteiger partial charge in [0.2, 0.25) is 0 Å². The van der Waals surface area contributed by atoms with Gasteiger partial charge in [-0.3, -0.25) is 0 Å². The normalized spacial score (nSPS) is 14.9. The molecule has 0 fully saturated rings. The summed E-state index contributed by atoms with van der Waals surface area (Å²) in [5, 5.41) is 24.8. The van der Waals surface area contributed by atoms with Gasteiger partial charge in [-0.15, -0.1) is 0 Å². The van der Waals surface area contributed by atoms with E-state index in [0.29, 0.717) is 24.3 Å². The monoisotopic (exact) mass is 598 g/mol. The van der Waals surface area contributed by atoms with Gasteiger partial charge < -0.3 is 19.7 Å². The lowest BCUT2D eigenvalue weighted by Gasteiger charge is -2.39. The topological polar surface area (TPSA) is 58.9 Å². The fraction of sp³-hybridized carbons (Fsp3) is 0.571. The molecule has 2 rings (SSSR count). The second kappa shape index (κ2) is 15.1. The molecule has 0 aliphatic rings. The van der Waals surface area contributed by atoms with Crippen molar-refractivity contribution in [2.45, 2.75) is 76.4 Å². The molecular weight excluding hydrogens is 560 g/mol. The smallest absolute Gasteiger partial charge is 0.119 e. The van der Waals surface area contributed by atoms with E-state index in [2.05, 4.69) is 31.9 Å². The zero-order valence-electron chi connectivity index (χ0n) is 20.6. The predicted octanol–water partition coefficient (Wildman–Crippen LogP) is 7.47. The maximum Gasteiger partial charge on any atom is 0.119 e. The van der Waals surface area contributed by atoms with Crippen LogP contribution < -0.4 is 9.47 Å². The molecule has 0 spiro atoms. The fourth-order valence-corrected chi connectivity index (χ4v) is 4.59. The molecule has 2 N–H and O–H groups in total. The minimum Gasteiger partial charge on any atom is -0.494 e. The molecule has 2 aromatic rings. The first-order valence-electron chi connectivity index (χ1n) is 12.4. The van der Waals surface area contributed by atoms with Crippen LogP contribution >= 0.6 is 31.9 Å². The van der Waals surface area contributed by atoms with Crippen molar-refractivity contribution in [1.29, 1.82) is 0 Å². The fourth-order valence-electron chi connectivity index (χ4n) is 3.79. The van der Waals surface area contributed by atoms with Crippen LogP contribution in [-0.2, 0) is 11.2 Å². The number of benzene rings is 2. The summed E-state index contributed by atoms with van der Waals surface area (Å²) in [6, 6.07) is 14.7. The van der Waals surface area contributed by atoms with Crippen LogP contribution in [0.2, 0.25) is 0 Å². The number of hydrogen-bond acceptors (Lipinski definition) is 4. The Hall–Kier alpha value is -1.08. The molecule has 0 aliphatic heterocycles. The summed E-state index contributed by atoms with van der Waals surface area (Å²) in [5.41, 5.74) is -1.71. The number of unbranched alkanes of at least 4 members (excludes halogenated alkanes) is 6. The average molecular weight is 600 g/mol. The van der Waals surface area contributed by atoms with Crippen molar-refractivity contribution in [3.05, 3.63) is 59.7 Å². The van der Waals surface area contributed by atoms with E-state index in [0.717, 1.165) is 47.8 Å². The summed E-state index contributed by atoms with van der Waals surface area (Å²) in [6.07, 6.45) is 9.15. The van der Waals surface area contributed by atoms with Crippen LogP contribution in [0, 0.1) is 0 Å². The van der Waals surface area contributed by atoms with Gasteiger partial charge in [0.25, 0.3) is 0 Å². The third-order valence-corrected chi connectivity index (χ3v) is 7.50. The maximum atomic E-state index is 11.3. The van der Waals surface area contributed by atoms with Crippen LogP contribution in [0.15, 0.2) is 48.5 Å². The molecule has 0 bridgehead atoms. The molecule has 190 valence electrons. The van der Waals surface area contributed by atoms with E-state index < -0.39 is 11.2 Å². The second-order valence-electron chi connectivity index (χ2n) is 9.10. The Balaban J connectivity index is 1.92. The molecule has 0 aromatic heterocycles. The molecule has 0 amide bonds. The van der Waals surface area contributed by atoms with Crippen LogP contribution in [0.1, 0.15) is 76.3 Å². The standard InChI is InChI=1S/C28H40Br2O4/c1-27(31,23-11-15-25(16-12-23)33-21-9-5-3-7-19-29)28(2,32)24-13-17-26(18-14-24)34-22-10-6-4-8-20-30/h11-18,31-32H,3-10,19-22H2,1-2H3. The molecule has 0 radical (unpaired) electrons. The summed E-state index contributed by atoms with van der Waals surface area (Å²) in [7, 11) is 0. The number of hydrogen-bond donors (Lipinski definition) is 2. The average Bonchev–Trinajstić information content (AvgIpc) is 2.84. The molecule has 4 nitrogen and oxygen atoms in total. The van der Waals surface area contributed by atoms with Crippen molar-refractivity contribution < 1.29 is 19.7 Å². The van der Waals surface area contributed by atoms with Gasteiger partial charge in [0.1, 0.15) is 22.7 Å². The van der Waals surface area contributed by atoms with Gasteiger partial charge in [-0.2, -0.15) is 0 Å². The first-order chi connectivity index (χ1) is 16.3. The number of aliphatic hydroxyl groups is 2. The van der Waals surface area contributed by atoms with Crippen LogP contribution in [0.25, 0.3) is 0 Å². The Morgan fingerprint density at radius 1 is 0.559 bits per heavy atom. The first kappa shape index (κ1) is 29.2. The summed E-state index contributed by atoms with van der Waals surface area (Å²) < 4.78 is 11.6. The van der Waals surface area contributed by atoms with E-state index in [1.54, 1.807) is 13.8 Å². The number of ether oxygens (including phenoxy) is 2. The third kappa shape index (κ3) is 8.85. The van der Waals surface area contributed by atoms with Gasteiger partial charge in [0.15, 0.2) is 0 Å². The van der Waals surface area contributed by atoms with E-state index in [9.17, 15) is 10.2 Å². The molecule has 2 unspecified atom stereocenters. The molecule has 2 aromatic carbocycles. The Kier molecular flexibility index (Phi) is 13.0. The summed E-state index contributed by atoms with van der Waals surface area (Å²) >= 11 is 6.90. The van der Waals surface area contributed by atoms with E-state index in [-0.39, 0.29) is 0 Å². The van der Waals surface area contributed by atoms with E-state index in [1.165, 1.54) is 25.7 Å². The van der Waals surface area contributed by atoms with Crippen LogP contribution in [-0.4, -0.2) is 34.1 Å². The Morgan fingerprint density at radius 3 is 1.21 bits per heavy atom. The van der Waals surface area contributed by atoms with Gasteiger partial charge >= 0.3 is 0 Å². The predicted molar refractivity (Wildman–Crippen MR) is 148 cm³/mol. The van der Waals surface area contributed by atoms with Crippen molar-refractivity contribution >= 4 is 31.9 Å². The lowest BCUT2D eigenvalue weighted by molar-refractivity contribution is -0.143. The van der Waals surface area contributed by atoms with Gasteiger partial charge in [-0.1, -0.05) is 81.8 Å².